The van der Waals surface area contributed by atoms with Crippen LogP contribution >= 0.6 is 0 Å². The van der Waals surface area contributed by atoms with Gasteiger partial charge in [-0.2, -0.15) is 5.26 Å². The zero-order valence-electron chi connectivity index (χ0n) is 19.3. The van der Waals surface area contributed by atoms with Crippen LogP contribution in [0.1, 0.15) is 53.7 Å². The fraction of sp³-hybridized carbons (Fsp3) is 0.346. The summed E-state index contributed by atoms with van der Waals surface area (Å²) in [5, 5.41) is 15.6. The SMILES string of the molecule is COc1ccc(C(=O)Cc2cnc(Nc3cnc(C#N)cn3)cc2NCC2CCCCC2)cc1. The molecule has 0 unspecified atom stereocenters. The number of nitrogens with zero attached hydrogens (tertiary/aromatic N) is 4. The molecule has 34 heavy (non-hydrogen) atoms. The standard InChI is InChI=1S/C26H28N6O2/c1-34-22-9-7-19(8-10-22)24(33)11-20-15-30-25(32-26-17-28-21(13-27)16-31-26)12-23(20)29-14-18-5-3-2-4-6-18/h7-10,12,15-18H,2-6,11,14H2,1H3,(H2,29,30,31,32). The quantitative estimate of drug-likeness (QED) is 0.437. The summed E-state index contributed by atoms with van der Waals surface area (Å²) in [4.78, 5) is 25.7. The molecule has 1 aliphatic carbocycles. The van der Waals surface area contributed by atoms with Crippen LogP contribution in [0.3, 0.4) is 0 Å². The van der Waals surface area contributed by atoms with Crippen molar-refractivity contribution in [3.05, 3.63) is 65.7 Å². The van der Waals surface area contributed by atoms with Crippen LogP contribution in [-0.4, -0.2) is 34.4 Å². The summed E-state index contributed by atoms with van der Waals surface area (Å²) in [6.45, 7) is 0.865. The van der Waals surface area contributed by atoms with E-state index in [9.17, 15) is 4.79 Å². The number of rotatable bonds is 9. The number of nitrogens with one attached hydrogen (secondary N) is 2. The van der Waals surface area contributed by atoms with Crippen molar-refractivity contribution in [1.82, 2.24) is 15.0 Å². The van der Waals surface area contributed by atoms with E-state index in [0.29, 0.717) is 23.1 Å². The molecule has 1 fully saturated rings. The fourth-order valence-electron chi connectivity index (χ4n) is 4.14. The van der Waals surface area contributed by atoms with Crippen LogP contribution < -0.4 is 15.4 Å². The third-order valence-corrected chi connectivity index (χ3v) is 6.08. The molecule has 0 radical (unpaired) electrons. The molecule has 8 nitrogen and oxygen atoms in total. The van der Waals surface area contributed by atoms with Crippen LogP contribution in [0.5, 0.6) is 5.75 Å². The Labute approximate surface area is 199 Å². The first-order chi connectivity index (χ1) is 16.6. The van der Waals surface area contributed by atoms with Crippen molar-refractivity contribution >= 4 is 23.1 Å². The van der Waals surface area contributed by atoms with Crippen molar-refractivity contribution < 1.29 is 9.53 Å². The number of pyridine rings is 1. The number of anilines is 3. The van der Waals surface area contributed by atoms with Gasteiger partial charge in [0, 0.05) is 42.0 Å². The molecule has 0 saturated heterocycles. The molecule has 1 saturated carbocycles. The topological polar surface area (TPSA) is 113 Å². The Bertz CT molecular complexity index is 1150. The van der Waals surface area contributed by atoms with E-state index in [1.165, 1.54) is 44.5 Å². The summed E-state index contributed by atoms with van der Waals surface area (Å²) in [5.74, 6) is 2.45. The van der Waals surface area contributed by atoms with E-state index in [1.807, 2.05) is 12.1 Å². The molecule has 3 aromatic rings. The van der Waals surface area contributed by atoms with Gasteiger partial charge < -0.3 is 15.4 Å². The molecule has 0 bridgehead atoms. The van der Waals surface area contributed by atoms with E-state index < -0.39 is 0 Å². The number of ketones is 1. The lowest BCUT2D eigenvalue weighted by atomic mass is 9.89. The first-order valence-electron chi connectivity index (χ1n) is 11.5. The van der Waals surface area contributed by atoms with E-state index in [2.05, 4.69) is 25.6 Å². The van der Waals surface area contributed by atoms with Crippen molar-refractivity contribution in [2.24, 2.45) is 5.92 Å². The number of Topliss-reactive ketones (excluding diaryl/α,β-unsaturated/α-hetero) is 1. The Balaban J connectivity index is 1.52. The highest BCUT2D eigenvalue weighted by molar-refractivity contribution is 5.98. The summed E-state index contributed by atoms with van der Waals surface area (Å²) >= 11 is 0. The Morgan fingerprint density at radius 2 is 1.82 bits per heavy atom. The second-order valence-corrected chi connectivity index (χ2v) is 8.46. The number of nitriles is 1. The fourth-order valence-corrected chi connectivity index (χ4v) is 4.14. The second-order valence-electron chi connectivity index (χ2n) is 8.46. The number of carbonyl (C=O) groups is 1. The summed E-state index contributed by atoms with van der Waals surface area (Å²) in [6, 6.07) is 11.0. The van der Waals surface area contributed by atoms with E-state index in [4.69, 9.17) is 10.00 Å². The third kappa shape index (κ3) is 6.07. The largest absolute Gasteiger partial charge is 0.497 e. The van der Waals surface area contributed by atoms with Crippen LogP contribution in [0.25, 0.3) is 0 Å². The summed E-state index contributed by atoms with van der Waals surface area (Å²) in [5.41, 5.74) is 2.61. The Morgan fingerprint density at radius 1 is 1.06 bits per heavy atom. The summed E-state index contributed by atoms with van der Waals surface area (Å²) in [7, 11) is 1.60. The minimum atomic E-state index is 0.0174. The molecule has 2 aromatic heterocycles. The number of methoxy groups -OCH3 is 1. The molecular formula is C26H28N6O2. The van der Waals surface area contributed by atoms with E-state index in [-0.39, 0.29) is 17.9 Å². The first-order valence-corrected chi connectivity index (χ1v) is 11.5. The highest BCUT2D eigenvalue weighted by Crippen LogP contribution is 2.27. The Kier molecular flexibility index (Phi) is 7.66. The van der Waals surface area contributed by atoms with Crippen LogP contribution in [0.2, 0.25) is 0 Å². The van der Waals surface area contributed by atoms with Crippen molar-refractivity contribution in [2.75, 3.05) is 24.3 Å². The van der Waals surface area contributed by atoms with Crippen molar-refractivity contribution in [1.29, 1.82) is 5.26 Å². The number of ether oxygens (including phenoxy) is 1. The average molecular weight is 457 g/mol. The molecule has 1 aromatic carbocycles. The Hall–Kier alpha value is -3.99. The first kappa shape index (κ1) is 23.2. The molecular weight excluding hydrogens is 428 g/mol. The predicted octanol–water partition coefficient (Wildman–Crippen LogP) is 4.91. The maximum Gasteiger partial charge on any atom is 0.167 e. The number of hydrogen-bond donors (Lipinski definition) is 2. The van der Waals surface area contributed by atoms with Gasteiger partial charge in [0.15, 0.2) is 11.5 Å². The van der Waals surface area contributed by atoms with Crippen molar-refractivity contribution in [3.63, 3.8) is 0 Å². The van der Waals surface area contributed by atoms with Crippen LogP contribution in [0.4, 0.5) is 17.3 Å². The van der Waals surface area contributed by atoms with E-state index in [1.54, 1.807) is 37.6 Å². The van der Waals surface area contributed by atoms with Gasteiger partial charge in [0.05, 0.1) is 19.5 Å². The number of carbonyl (C=O) groups excluding carboxylic acids is 1. The monoisotopic (exact) mass is 456 g/mol. The number of hydrogen-bond acceptors (Lipinski definition) is 8. The van der Waals surface area contributed by atoms with E-state index >= 15 is 0 Å². The minimum absolute atomic E-state index is 0.0174. The van der Waals surface area contributed by atoms with Crippen LogP contribution in [-0.2, 0) is 6.42 Å². The number of benzene rings is 1. The molecule has 8 heteroatoms. The lowest BCUT2D eigenvalue weighted by Gasteiger charge is -2.23. The van der Waals surface area contributed by atoms with Gasteiger partial charge in [-0.1, -0.05) is 19.3 Å². The maximum absolute atomic E-state index is 13.0. The molecule has 174 valence electrons. The van der Waals surface area contributed by atoms with Gasteiger partial charge in [-0.3, -0.25) is 4.79 Å². The van der Waals surface area contributed by atoms with Crippen molar-refractivity contribution in [2.45, 2.75) is 38.5 Å². The smallest absolute Gasteiger partial charge is 0.167 e. The highest BCUT2D eigenvalue weighted by Gasteiger charge is 2.16. The van der Waals surface area contributed by atoms with Crippen molar-refractivity contribution in [3.8, 4) is 11.8 Å². The Morgan fingerprint density at radius 3 is 2.50 bits per heavy atom. The zero-order chi connectivity index (χ0) is 23.8. The van der Waals surface area contributed by atoms with Gasteiger partial charge in [-0.25, -0.2) is 15.0 Å². The van der Waals surface area contributed by atoms with Gasteiger partial charge in [0.1, 0.15) is 23.5 Å². The summed E-state index contributed by atoms with van der Waals surface area (Å²) in [6.07, 6.45) is 11.2. The molecule has 1 aliphatic rings. The van der Waals surface area contributed by atoms with Gasteiger partial charge in [0.2, 0.25) is 0 Å². The molecule has 2 heterocycles. The maximum atomic E-state index is 13.0. The van der Waals surface area contributed by atoms with Gasteiger partial charge in [-0.15, -0.1) is 0 Å². The molecule has 0 aliphatic heterocycles. The van der Waals surface area contributed by atoms with Crippen LogP contribution in [0, 0.1) is 17.2 Å². The van der Waals surface area contributed by atoms with Gasteiger partial charge in [-0.05, 0) is 43.0 Å². The van der Waals surface area contributed by atoms with Gasteiger partial charge in [0.25, 0.3) is 0 Å². The van der Waals surface area contributed by atoms with E-state index in [0.717, 1.165) is 23.5 Å². The third-order valence-electron chi connectivity index (χ3n) is 6.08. The summed E-state index contributed by atoms with van der Waals surface area (Å²) < 4.78 is 5.19. The molecule has 4 rings (SSSR count). The molecule has 0 spiro atoms. The van der Waals surface area contributed by atoms with Crippen LogP contribution in [0.15, 0.2) is 48.9 Å². The molecule has 2 N–H and O–H groups in total. The lowest BCUT2D eigenvalue weighted by Crippen LogP contribution is -2.18. The minimum Gasteiger partial charge on any atom is -0.497 e. The lowest BCUT2D eigenvalue weighted by molar-refractivity contribution is 0.0993. The molecule has 0 amide bonds. The second kappa shape index (κ2) is 11.2. The number of aromatic nitrogens is 3. The molecule has 0 atom stereocenters. The average Bonchev–Trinajstić information content (AvgIpc) is 2.89. The van der Waals surface area contributed by atoms with Gasteiger partial charge >= 0.3 is 0 Å². The zero-order valence-corrected chi connectivity index (χ0v) is 19.3. The highest BCUT2D eigenvalue weighted by atomic mass is 16.5. The normalized spacial score (nSPS) is 13.6. The predicted molar refractivity (Wildman–Crippen MR) is 130 cm³/mol.